The van der Waals surface area contributed by atoms with E-state index in [0.717, 1.165) is 0 Å². The first-order valence-electron chi connectivity index (χ1n) is 1.58. The molecule has 0 saturated carbocycles. The third kappa shape index (κ3) is 2.12. The van der Waals surface area contributed by atoms with Crippen LogP contribution >= 0.6 is 11.9 Å². The summed E-state index contributed by atoms with van der Waals surface area (Å²) in [4.78, 5) is 10.1. The predicted molar refractivity (Wildman–Crippen MR) is 26.0 cm³/mol. The van der Waals surface area contributed by atoms with Crippen molar-refractivity contribution in [3.63, 3.8) is 0 Å². The summed E-state index contributed by atoms with van der Waals surface area (Å²) in [5.41, 5.74) is 0. The fourth-order valence-corrected chi connectivity index (χ4v) is 0.703. The minimum absolute atomic E-state index is 0. The van der Waals surface area contributed by atoms with E-state index < -0.39 is 0 Å². The van der Waals surface area contributed by atoms with Gasteiger partial charge in [0.15, 0.2) is 5.78 Å². The van der Waals surface area contributed by atoms with Gasteiger partial charge in [-0.05, 0) is 11.9 Å². The van der Waals surface area contributed by atoms with Crippen LogP contribution in [0.3, 0.4) is 0 Å². The molecule has 0 N–H and O–H groups in total. The van der Waals surface area contributed by atoms with Gasteiger partial charge < -0.3 is 0 Å². The number of hydrogen-bond acceptors (Lipinski definition) is 3. The maximum Gasteiger partial charge on any atom is 0.186 e. The molecule has 1 heterocycles. The first kappa shape index (κ1) is 7.21. The second-order valence-corrected chi connectivity index (χ2v) is 1.73. The molecule has 0 atom stereocenters. The van der Waals surface area contributed by atoms with Gasteiger partial charge in [0.25, 0.3) is 0 Å². The maximum absolute atomic E-state index is 10.1. The van der Waals surface area contributed by atoms with Crippen molar-refractivity contribution >= 4 is 23.9 Å². The van der Waals surface area contributed by atoms with Crippen molar-refractivity contribution < 1.29 is 21.9 Å². The molecule has 0 aromatic carbocycles. The van der Waals surface area contributed by atoms with Crippen LogP contribution in [0.25, 0.3) is 0 Å². The van der Waals surface area contributed by atoms with Crippen molar-refractivity contribution in [3.8, 4) is 0 Å². The van der Waals surface area contributed by atoms with Gasteiger partial charge in [-0.25, -0.2) is 4.40 Å². The number of ketones is 1. The summed E-state index contributed by atoms with van der Waals surface area (Å²) in [5, 5.41) is 0. The van der Waals surface area contributed by atoms with Crippen molar-refractivity contribution in [2.45, 2.75) is 0 Å². The van der Waals surface area contributed by atoms with Crippen LogP contribution < -0.4 is 0 Å². The molecule has 0 aromatic heterocycles. The first-order valence-corrected chi connectivity index (χ1v) is 2.52. The van der Waals surface area contributed by atoms with Crippen molar-refractivity contribution in [1.29, 1.82) is 0 Å². The molecule has 0 unspecified atom stereocenters. The minimum atomic E-state index is 0. The fourth-order valence-electron chi connectivity index (χ4n) is 0.234. The quantitative estimate of drug-likeness (QED) is 0.381. The molecule has 1 aliphatic rings. The monoisotopic (exact) mass is 164 g/mol. The van der Waals surface area contributed by atoms with E-state index in [1.807, 2.05) is 0 Å². The Morgan fingerprint density at radius 3 is 2.71 bits per heavy atom. The van der Waals surface area contributed by atoms with Crippen LogP contribution in [0.5, 0.6) is 0 Å². The molecule has 2 nitrogen and oxygen atoms in total. The molecule has 0 fully saturated rings. The average Bonchev–Trinajstić information content (AvgIpc) is 1.86. The topological polar surface area (TPSA) is 29.4 Å². The number of hydrogen-bond donors (Lipinski definition) is 0. The molecule has 0 aromatic rings. The molecule has 0 saturated heterocycles. The summed E-state index contributed by atoms with van der Waals surface area (Å²) < 4.78 is 3.61. The maximum atomic E-state index is 10.1. The molecule has 1 rings (SSSR count). The van der Waals surface area contributed by atoms with Gasteiger partial charge in [0.2, 0.25) is 0 Å². The zero-order chi connectivity index (χ0) is 4.41. The van der Waals surface area contributed by atoms with E-state index in [0.29, 0.717) is 5.75 Å². The van der Waals surface area contributed by atoms with E-state index in [1.165, 1.54) is 18.2 Å². The van der Waals surface area contributed by atoms with Gasteiger partial charge in [0, 0.05) is 17.1 Å². The van der Waals surface area contributed by atoms with Gasteiger partial charge in [0.1, 0.15) is 0 Å². The Balaban J connectivity index is 0.000000360. The van der Waals surface area contributed by atoms with Gasteiger partial charge in [0.05, 0.1) is 12.0 Å². The average molecular weight is 165 g/mol. The third-order valence-corrected chi connectivity index (χ3v) is 1.15. The molecule has 0 spiro atoms. The summed E-state index contributed by atoms with van der Waals surface area (Å²) in [6.45, 7) is 0. The molecular weight excluding hydrogens is 162 g/mol. The Kier molecular flexibility index (Phi) is 3.34. The van der Waals surface area contributed by atoms with Crippen molar-refractivity contribution in [3.05, 3.63) is 0 Å². The van der Waals surface area contributed by atoms with Crippen LogP contribution in [-0.2, 0) is 21.9 Å². The molecule has 1 aliphatic heterocycles. The van der Waals surface area contributed by atoms with E-state index in [9.17, 15) is 4.79 Å². The number of Topliss-reactive ketones (excluding diaryl/α,β-unsaturated/α-hetero) is 1. The van der Waals surface area contributed by atoms with Gasteiger partial charge in [-0.15, -0.1) is 0 Å². The predicted octanol–water partition coefficient (Wildman–Crippen LogP) is 0.286. The SMILES string of the molecule is O=C1C=NSC1.[Cu]. The van der Waals surface area contributed by atoms with Gasteiger partial charge in [-0.2, -0.15) is 0 Å². The smallest absolute Gasteiger partial charge is 0.186 e. The number of carbonyl (C=O) groups excluding carboxylic acids is 1. The van der Waals surface area contributed by atoms with Crippen LogP contribution in [-0.4, -0.2) is 17.8 Å². The Bertz CT molecular complexity index is 103. The molecule has 0 aliphatic carbocycles. The van der Waals surface area contributed by atoms with E-state index in [4.69, 9.17) is 0 Å². The summed E-state index contributed by atoms with van der Waals surface area (Å²) in [5.74, 6) is 0.667. The Hall–Kier alpha value is 0.209. The largest absolute Gasteiger partial charge is 0.292 e. The van der Waals surface area contributed by atoms with Crippen LogP contribution in [0.4, 0.5) is 0 Å². The zero-order valence-electron chi connectivity index (χ0n) is 3.35. The number of carbonyl (C=O) groups is 1. The second kappa shape index (κ2) is 3.24. The standard InChI is InChI=1S/C3H3NOS.Cu/c5-3-1-4-6-2-3;/h1H,2H2;. The normalized spacial score (nSPS) is 16.9. The Labute approximate surface area is 56.4 Å². The number of nitrogens with zero attached hydrogens (tertiary/aromatic N) is 1. The Morgan fingerprint density at radius 1 is 1.86 bits per heavy atom. The van der Waals surface area contributed by atoms with Crippen molar-refractivity contribution in [2.75, 3.05) is 5.75 Å². The van der Waals surface area contributed by atoms with Crippen LogP contribution in [0, 0.1) is 0 Å². The van der Waals surface area contributed by atoms with Gasteiger partial charge in [-0.3, -0.25) is 4.79 Å². The van der Waals surface area contributed by atoms with Gasteiger partial charge in [-0.1, -0.05) is 0 Å². The third-order valence-electron chi connectivity index (χ3n) is 0.478. The Morgan fingerprint density at radius 2 is 2.57 bits per heavy atom. The molecule has 1 radical (unpaired) electrons. The summed E-state index contributed by atoms with van der Waals surface area (Å²) in [7, 11) is 0. The van der Waals surface area contributed by atoms with E-state index in [2.05, 4.69) is 4.40 Å². The molecule has 7 heavy (non-hydrogen) atoms. The molecular formula is C3H3CuNOS. The van der Waals surface area contributed by atoms with Crippen LogP contribution in [0.2, 0.25) is 0 Å². The summed E-state index contributed by atoms with van der Waals surface area (Å²) in [6.07, 6.45) is 1.35. The van der Waals surface area contributed by atoms with Crippen molar-refractivity contribution in [2.24, 2.45) is 4.40 Å². The van der Waals surface area contributed by atoms with E-state index >= 15 is 0 Å². The molecule has 43 valence electrons. The van der Waals surface area contributed by atoms with Crippen molar-refractivity contribution in [1.82, 2.24) is 0 Å². The number of rotatable bonds is 0. The fraction of sp³-hybridized carbons (Fsp3) is 0.333. The van der Waals surface area contributed by atoms with Gasteiger partial charge >= 0.3 is 0 Å². The molecule has 0 amide bonds. The first-order chi connectivity index (χ1) is 2.89. The second-order valence-electron chi connectivity index (χ2n) is 0.974. The molecule has 4 heteroatoms. The zero-order valence-corrected chi connectivity index (χ0v) is 5.11. The summed E-state index contributed by atoms with van der Waals surface area (Å²) >= 11 is 1.30. The summed E-state index contributed by atoms with van der Waals surface area (Å²) in [6, 6.07) is 0. The molecule has 0 bridgehead atoms. The van der Waals surface area contributed by atoms with E-state index in [1.54, 1.807) is 0 Å². The van der Waals surface area contributed by atoms with Crippen LogP contribution in [0.1, 0.15) is 0 Å². The van der Waals surface area contributed by atoms with Crippen LogP contribution in [0.15, 0.2) is 4.40 Å². The minimum Gasteiger partial charge on any atom is -0.292 e. The van der Waals surface area contributed by atoms with E-state index in [-0.39, 0.29) is 22.9 Å².